The Balaban J connectivity index is 2.64. The molecule has 0 radical (unpaired) electrons. The lowest BCUT2D eigenvalue weighted by Crippen LogP contribution is -2.26. The van der Waals surface area contributed by atoms with Crippen LogP contribution in [0.25, 0.3) is 5.69 Å². The van der Waals surface area contributed by atoms with E-state index in [0.29, 0.717) is 18.6 Å². The maximum absolute atomic E-state index is 12.3. The monoisotopic (exact) mass is 316 g/mol. The zero-order valence-electron chi connectivity index (χ0n) is 14.2. The van der Waals surface area contributed by atoms with Gasteiger partial charge in [-0.25, -0.2) is 9.48 Å². The number of carbonyl (C=O) groups excluding carboxylic acids is 1. The van der Waals surface area contributed by atoms with Gasteiger partial charge in [-0.15, -0.1) is 0 Å². The van der Waals surface area contributed by atoms with Gasteiger partial charge in [-0.05, 0) is 31.9 Å². The summed E-state index contributed by atoms with van der Waals surface area (Å²) >= 11 is 0. The topological polar surface area (TPSA) is 64.3 Å². The minimum atomic E-state index is -0.421. The van der Waals surface area contributed by atoms with Crippen LogP contribution >= 0.6 is 0 Å². The number of aliphatic hydroxyl groups excluding tert-OH is 1. The molecule has 0 fully saturated rings. The molecule has 0 aliphatic carbocycles. The van der Waals surface area contributed by atoms with Crippen LogP contribution in [0.15, 0.2) is 30.5 Å². The van der Waals surface area contributed by atoms with Gasteiger partial charge in [0.25, 0.3) is 0 Å². The normalized spacial score (nSPS) is 11.5. The first-order chi connectivity index (χ1) is 10.9. The first kappa shape index (κ1) is 17.2. The number of ether oxygens (including phenoxy) is 1. The van der Waals surface area contributed by atoms with Crippen LogP contribution in [-0.4, -0.2) is 34.1 Å². The molecule has 124 valence electrons. The van der Waals surface area contributed by atoms with Gasteiger partial charge in [-0.2, -0.15) is 5.10 Å². The average molecular weight is 316 g/mol. The zero-order valence-corrected chi connectivity index (χ0v) is 14.2. The molecule has 0 unspecified atom stereocenters. The minimum Gasteiger partial charge on any atom is -0.462 e. The predicted octanol–water partition coefficient (Wildman–Crippen LogP) is 3.02. The molecule has 0 saturated carbocycles. The summed E-state index contributed by atoms with van der Waals surface area (Å²) < 4.78 is 6.96. The molecule has 0 spiro atoms. The summed E-state index contributed by atoms with van der Waals surface area (Å²) in [4.78, 5) is 12.3. The molecule has 2 rings (SSSR count). The number of benzene rings is 1. The van der Waals surface area contributed by atoms with E-state index in [0.717, 1.165) is 16.9 Å². The summed E-state index contributed by atoms with van der Waals surface area (Å²) in [5.74, 6) is -0.381. The lowest BCUT2D eigenvalue weighted by Gasteiger charge is -2.26. The minimum absolute atomic E-state index is 0.0359. The highest BCUT2D eigenvalue weighted by Gasteiger charge is 2.32. The van der Waals surface area contributed by atoms with Crippen LogP contribution in [0.5, 0.6) is 0 Å². The van der Waals surface area contributed by atoms with E-state index in [-0.39, 0.29) is 12.6 Å². The number of aromatic nitrogens is 2. The highest BCUT2D eigenvalue weighted by atomic mass is 16.5. The molecule has 0 aliphatic rings. The summed E-state index contributed by atoms with van der Waals surface area (Å²) in [5.41, 5.74) is 2.78. The number of aliphatic hydroxyl groups is 1. The van der Waals surface area contributed by atoms with E-state index < -0.39 is 5.41 Å². The SMILES string of the molecule is CCOC(=O)c1cnn(-c2ccccc2C)c1C(C)(C)CCO. The van der Waals surface area contributed by atoms with Crippen LogP contribution in [-0.2, 0) is 10.2 Å². The fraction of sp³-hybridized carbons (Fsp3) is 0.444. The Morgan fingerprint density at radius 2 is 2.04 bits per heavy atom. The zero-order chi connectivity index (χ0) is 17.0. The van der Waals surface area contributed by atoms with Crippen molar-refractivity contribution in [2.75, 3.05) is 13.2 Å². The molecule has 0 aliphatic heterocycles. The van der Waals surface area contributed by atoms with E-state index in [4.69, 9.17) is 4.74 Å². The number of hydrogen-bond donors (Lipinski definition) is 1. The second kappa shape index (κ2) is 6.96. The number of carbonyl (C=O) groups is 1. The van der Waals surface area contributed by atoms with Gasteiger partial charge >= 0.3 is 5.97 Å². The largest absolute Gasteiger partial charge is 0.462 e. The summed E-state index contributed by atoms with van der Waals surface area (Å²) in [7, 11) is 0. The summed E-state index contributed by atoms with van der Waals surface area (Å²) in [6, 6.07) is 7.88. The van der Waals surface area contributed by atoms with Crippen LogP contribution in [0, 0.1) is 6.92 Å². The van der Waals surface area contributed by atoms with Crippen molar-refractivity contribution >= 4 is 5.97 Å². The third-order valence-electron chi connectivity index (χ3n) is 3.99. The number of hydrogen-bond acceptors (Lipinski definition) is 4. The van der Waals surface area contributed by atoms with Gasteiger partial charge in [-0.1, -0.05) is 32.0 Å². The van der Waals surface area contributed by atoms with Gasteiger partial charge in [0.15, 0.2) is 0 Å². The van der Waals surface area contributed by atoms with Gasteiger partial charge in [0.2, 0.25) is 0 Å². The van der Waals surface area contributed by atoms with Gasteiger partial charge in [0.1, 0.15) is 5.56 Å². The third kappa shape index (κ3) is 3.45. The standard InChI is InChI=1S/C18H24N2O3/c1-5-23-17(22)14-12-19-20(15-9-7-6-8-13(15)2)16(14)18(3,4)10-11-21/h6-9,12,21H,5,10-11H2,1-4H3. The molecule has 1 aromatic carbocycles. The Kier molecular flexibility index (Phi) is 5.21. The predicted molar refractivity (Wildman–Crippen MR) is 89.0 cm³/mol. The van der Waals surface area contributed by atoms with Crippen molar-refractivity contribution < 1.29 is 14.6 Å². The Labute approximate surface area is 136 Å². The van der Waals surface area contributed by atoms with Gasteiger partial charge in [-0.3, -0.25) is 0 Å². The van der Waals surface area contributed by atoms with Crippen LogP contribution in [0.3, 0.4) is 0 Å². The Morgan fingerprint density at radius 1 is 1.35 bits per heavy atom. The van der Waals surface area contributed by atoms with E-state index in [1.165, 1.54) is 0 Å². The van der Waals surface area contributed by atoms with Crippen molar-refractivity contribution in [1.29, 1.82) is 0 Å². The van der Waals surface area contributed by atoms with Crippen molar-refractivity contribution in [1.82, 2.24) is 9.78 Å². The molecule has 0 saturated heterocycles. The van der Waals surface area contributed by atoms with Crippen LogP contribution in [0.4, 0.5) is 0 Å². The molecule has 1 N–H and O–H groups in total. The van der Waals surface area contributed by atoms with Crippen LogP contribution < -0.4 is 0 Å². The summed E-state index contributed by atoms with van der Waals surface area (Å²) in [5, 5.41) is 13.8. The molecule has 1 heterocycles. The van der Waals surface area contributed by atoms with Crippen LogP contribution in [0.2, 0.25) is 0 Å². The first-order valence-corrected chi connectivity index (χ1v) is 7.85. The molecule has 23 heavy (non-hydrogen) atoms. The van der Waals surface area contributed by atoms with E-state index in [2.05, 4.69) is 5.10 Å². The van der Waals surface area contributed by atoms with Crippen molar-refractivity contribution in [2.24, 2.45) is 0 Å². The highest BCUT2D eigenvalue weighted by molar-refractivity contribution is 5.91. The van der Waals surface area contributed by atoms with Gasteiger partial charge in [0, 0.05) is 12.0 Å². The average Bonchev–Trinajstić information content (AvgIpc) is 2.93. The van der Waals surface area contributed by atoms with E-state index in [1.807, 2.05) is 45.0 Å². The lowest BCUT2D eigenvalue weighted by atomic mass is 9.83. The smallest absolute Gasteiger partial charge is 0.341 e. The highest BCUT2D eigenvalue weighted by Crippen LogP contribution is 2.32. The second-order valence-electron chi connectivity index (χ2n) is 6.18. The molecule has 0 amide bonds. The van der Waals surface area contributed by atoms with Crippen molar-refractivity contribution in [3.63, 3.8) is 0 Å². The Bertz CT molecular complexity index is 689. The third-order valence-corrected chi connectivity index (χ3v) is 3.99. The number of para-hydroxylation sites is 1. The Hall–Kier alpha value is -2.14. The molecule has 2 aromatic rings. The molecular formula is C18H24N2O3. The second-order valence-corrected chi connectivity index (χ2v) is 6.18. The summed E-state index contributed by atoms with van der Waals surface area (Å²) in [6.07, 6.45) is 2.08. The lowest BCUT2D eigenvalue weighted by molar-refractivity contribution is 0.0522. The molecular weight excluding hydrogens is 292 g/mol. The fourth-order valence-electron chi connectivity index (χ4n) is 2.74. The number of rotatable bonds is 6. The van der Waals surface area contributed by atoms with E-state index in [1.54, 1.807) is 17.8 Å². The maximum atomic E-state index is 12.3. The van der Waals surface area contributed by atoms with Crippen molar-refractivity contribution in [3.8, 4) is 5.69 Å². The van der Waals surface area contributed by atoms with Crippen molar-refractivity contribution in [2.45, 2.75) is 39.5 Å². The Morgan fingerprint density at radius 3 is 2.65 bits per heavy atom. The van der Waals surface area contributed by atoms with Gasteiger partial charge < -0.3 is 9.84 Å². The number of nitrogens with zero attached hydrogens (tertiary/aromatic N) is 2. The molecule has 0 atom stereocenters. The van der Waals surface area contributed by atoms with Crippen LogP contribution in [0.1, 0.15) is 48.8 Å². The first-order valence-electron chi connectivity index (χ1n) is 7.85. The van der Waals surface area contributed by atoms with E-state index in [9.17, 15) is 9.90 Å². The maximum Gasteiger partial charge on any atom is 0.341 e. The molecule has 5 heteroatoms. The summed E-state index contributed by atoms with van der Waals surface area (Å²) in [6.45, 7) is 8.13. The molecule has 0 bridgehead atoms. The molecule has 1 aromatic heterocycles. The number of esters is 1. The quantitative estimate of drug-likeness (QED) is 0.832. The molecule has 5 nitrogen and oxygen atoms in total. The fourth-order valence-corrected chi connectivity index (χ4v) is 2.74. The van der Waals surface area contributed by atoms with Crippen molar-refractivity contribution in [3.05, 3.63) is 47.3 Å². The number of aryl methyl sites for hydroxylation is 1. The van der Waals surface area contributed by atoms with E-state index >= 15 is 0 Å². The van der Waals surface area contributed by atoms with Gasteiger partial charge in [0.05, 0.1) is 24.2 Å².